The van der Waals surface area contributed by atoms with Gasteiger partial charge in [0.1, 0.15) is 0 Å². The Morgan fingerprint density at radius 2 is 2.05 bits per heavy atom. The molecule has 0 fully saturated rings. The molecule has 3 nitrogen and oxygen atoms in total. The van der Waals surface area contributed by atoms with E-state index in [0.29, 0.717) is 11.8 Å². The van der Waals surface area contributed by atoms with E-state index in [-0.39, 0.29) is 5.91 Å². The summed E-state index contributed by atoms with van der Waals surface area (Å²) in [6, 6.07) is 8.80. The van der Waals surface area contributed by atoms with Crippen molar-refractivity contribution in [1.29, 1.82) is 0 Å². The molecule has 0 radical (unpaired) electrons. The van der Waals surface area contributed by atoms with Gasteiger partial charge in [-0.2, -0.15) is 0 Å². The molecular weight excluding hydrogens is 280 g/mol. The summed E-state index contributed by atoms with van der Waals surface area (Å²) in [6.45, 7) is 8.28. The molecule has 1 amide bonds. The van der Waals surface area contributed by atoms with Gasteiger partial charge in [-0.05, 0) is 44.0 Å². The number of thioether (sulfide) groups is 1. The van der Waals surface area contributed by atoms with Crippen LogP contribution in [0.2, 0.25) is 0 Å². The van der Waals surface area contributed by atoms with Crippen molar-refractivity contribution in [3.63, 3.8) is 0 Å². The highest BCUT2D eigenvalue weighted by Gasteiger charge is 2.06. The van der Waals surface area contributed by atoms with Crippen molar-refractivity contribution in [3.05, 3.63) is 29.8 Å². The van der Waals surface area contributed by atoms with E-state index in [2.05, 4.69) is 55.7 Å². The first-order chi connectivity index (χ1) is 10.2. The predicted octanol–water partition coefficient (Wildman–Crippen LogP) is 3.76. The topological polar surface area (TPSA) is 41.1 Å². The van der Waals surface area contributed by atoms with Gasteiger partial charge in [-0.25, -0.2) is 0 Å². The van der Waals surface area contributed by atoms with E-state index in [4.69, 9.17) is 0 Å². The Morgan fingerprint density at radius 1 is 1.24 bits per heavy atom. The minimum Gasteiger partial charge on any atom is -0.355 e. The minimum atomic E-state index is 0.121. The van der Waals surface area contributed by atoms with Crippen LogP contribution in [-0.2, 0) is 4.79 Å². The van der Waals surface area contributed by atoms with Crippen molar-refractivity contribution < 1.29 is 4.79 Å². The second kappa shape index (κ2) is 10.7. The zero-order valence-corrected chi connectivity index (χ0v) is 14.3. The van der Waals surface area contributed by atoms with E-state index in [1.807, 2.05) is 0 Å². The maximum Gasteiger partial charge on any atom is 0.230 e. The first kappa shape index (κ1) is 18.1. The fourth-order valence-electron chi connectivity index (χ4n) is 1.96. The van der Waals surface area contributed by atoms with Gasteiger partial charge in [-0.15, -0.1) is 11.8 Å². The zero-order valence-electron chi connectivity index (χ0n) is 13.4. The monoisotopic (exact) mass is 308 g/mol. The van der Waals surface area contributed by atoms with E-state index in [0.717, 1.165) is 37.2 Å². The highest BCUT2D eigenvalue weighted by atomic mass is 32.2. The molecule has 0 aliphatic heterocycles. The Kier molecular flexibility index (Phi) is 9.19. The molecule has 1 rings (SSSR count). The molecule has 1 aromatic rings. The predicted molar refractivity (Wildman–Crippen MR) is 91.8 cm³/mol. The van der Waals surface area contributed by atoms with E-state index in [1.54, 1.807) is 11.8 Å². The Labute approximate surface area is 133 Å². The number of benzene rings is 1. The van der Waals surface area contributed by atoms with Gasteiger partial charge >= 0.3 is 0 Å². The van der Waals surface area contributed by atoms with Crippen LogP contribution >= 0.6 is 11.8 Å². The van der Waals surface area contributed by atoms with E-state index >= 15 is 0 Å². The normalized spacial score (nSPS) is 12.1. The molecule has 1 atom stereocenters. The highest BCUT2D eigenvalue weighted by Crippen LogP contribution is 2.22. The lowest BCUT2D eigenvalue weighted by molar-refractivity contribution is -0.118. The molecule has 0 aliphatic rings. The number of hydrogen-bond acceptors (Lipinski definition) is 3. The van der Waals surface area contributed by atoms with E-state index in [9.17, 15) is 4.79 Å². The van der Waals surface area contributed by atoms with Crippen molar-refractivity contribution >= 4 is 17.7 Å². The number of nitrogens with one attached hydrogen (secondary N) is 2. The summed E-state index contributed by atoms with van der Waals surface area (Å²) in [5.41, 5.74) is 1.28. The Balaban J connectivity index is 2.43. The largest absolute Gasteiger partial charge is 0.355 e. The number of unbranched alkanes of at least 4 members (excludes halogenated alkanes) is 1. The van der Waals surface area contributed by atoms with Gasteiger partial charge in [0.25, 0.3) is 0 Å². The highest BCUT2D eigenvalue weighted by molar-refractivity contribution is 8.00. The van der Waals surface area contributed by atoms with Crippen molar-refractivity contribution in [2.24, 2.45) is 0 Å². The van der Waals surface area contributed by atoms with Crippen LogP contribution < -0.4 is 10.6 Å². The second-order valence-corrected chi connectivity index (χ2v) is 6.29. The van der Waals surface area contributed by atoms with Crippen molar-refractivity contribution in [2.75, 3.05) is 18.8 Å². The summed E-state index contributed by atoms with van der Waals surface area (Å²) in [4.78, 5) is 12.9. The van der Waals surface area contributed by atoms with Crippen LogP contribution in [0, 0.1) is 0 Å². The lowest BCUT2D eigenvalue weighted by atomic mass is 10.1. The number of rotatable bonds is 10. The second-order valence-electron chi connectivity index (χ2n) is 5.24. The maximum atomic E-state index is 11.7. The number of hydrogen-bond donors (Lipinski definition) is 2. The average Bonchev–Trinajstić information content (AvgIpc) is 2.51. The van der Waals surface area contributed by atoms with Gasteiger partial charge in [0.2, 0.25) is 5.91 Å². The van der Waals surface area contributed by atoms with Crippen molar-refractivity contribution in [2.45, 2.75) is 51.0 Å². The molecule has 1 unspecified atom stereocenters. The third kappa shape index (κ3) is 7.53. The first-order valence-electron chi connectivity index (χ1n) is 7.90. The third-order valence-electron chi connectivity index (χ3n) is 3.28. The lowest BCUT2D eigenvalue weighted by Crippen LogP contribution is -2.25. The van der Waals surface area contributed by atoms with Gasteiger partial charge in [-0.3, -0.25) is 4.79 Å². The van der Waals surface area contributed by atoms with Crippen LogP contribution in [0.15, 0.2) is 29.2 Å². The molecule has 21 heavy (non-hydrogen) atoms. The standard InChI is InChI=1S/C17H28N2OS/c1-4-6-11-19-17(20)13-21-16-9-7-8-15(12-16)14(3)18-10-5-2/h7-9,12,14,18H,4-6,10-11,13H2,1-3H3,(H,19,20). The van der Waals surface area contributed by atoms with Gasteiger partial charge in [-0.1, -0.05) is 32.4 Å². The van der Waals surface area contributed by atoms with Crippen LogP contribution in [0.25, 0.3) is 0 Å². The molecule has 0 aliphatic carbocycles. The Hall–Kier alpha value is -1.00. The van der Waals surface area contributed by atoms with Crippen molar-refractivity contribution in [3.8, 4) is 0 Å². The quantitative estimate of drug-likeness (QED) is 0.511. The summed E-state index contributed by atoms with van der Waals surface area (Å²) >= 11 is 1.60. The molecule has 2 N–H and O–H groups in total. The number of carbonyl (C=O) groups excluding carboxylic acids is 1. The van der Waals surface area contributed by atoms with Gasteiger partial charge in [0, 0.05) is 17.5 Å². The van der Waals surface area contributed by atoms with Crippen LogP contribution in [0.4, 0.5) is 0 Å². The van der Waals surface area contributed by atoms with Crippen LogP contribution in [0.5, 0.6) is 0 Å². The van der Waals surface area contributed by atoms with Crippen LogP contribution in [0.3, 0.4) is 0 Å². The fourth-order valence-corrected chi connectivity index (χ4v) is 2.75. The smallest absolute Gasteiger partial charge is 0.230 e. The lowest BCUT2D eigenvalue weighted by Gasteiger charge is -2.14. The molecule has 0 heterocycles. The number of carbonyl (C=O) groups is 1. The summed E-state index contributed by atoms with van der Waals surface area (Å²) in [7, 11) is 0. The molecule has 0 spiro atoms. The summed E-state index contributed by atoms with van der Waals surface area (Å²) in [5.74, 6) is 0.611. The average molecular weight is 308 g/mol. The Morgan fingerprint density at radius 3 is 2.76 bits per heavy atom. The molecule has 118 valence electrons. The molecule has 0 aromatic heterocycles. The Bertz CT molecular complexity index is 423. The molecule has 0 saturated carbocycles. The zero-order chi connectivity index (χ0) is 15.5. The van der Waals surface area contributed by atoms with E-state index < -0.39 is 0 Å². The first-order valence-corrected chi connectivity index (χ1v) is 8.88. The fraction of sp³-hybridized carbons (Fsp3) is 0.588. The van der Waals surface area contributed by atoms with Crippen LogP contribution in [-0.4, -0.2) is 24.7 Å². The SMILES string of the molecule is CCCCNC(=O)CSc1cccc(C(C)NCCC)c1. The molecular formula is C17H28N2OS. The summed E-state index contributed by atoms with van der Waals surface area (Å²) < 4.78 is 0. The number of amides is 1. The molecule has 0 bridgehead atoms. The van der Waals surface area contributed by atoms with Gasteiger partial charge < -0.3 is 10.6 Å². The minimum absolute atomic E-state index is 0.121. The van der Waals surface area contributed by atoms with Crippen molar-refractivity contribution in [1.82, 2.24) is 10.6 Å². The van der Waals surface area contributed by atoms with Gasteiger partial charge in [0.05, 0.1) is 5.75 Å². The summed E-state index contributed by atoms with van der Waals surface area (Å²) in [5, 5.41) is 6.43. The summed E-state index contributed by atoms with van der Waals surface area (Å²) in [6.07, 6.45) is 3.29. The van der Waals surface area contributed by atoms with E-state index in [1.165, 1.54) is 5.56 Å². The molecule has 4 heteroatoms. The molecule has 0 saturated heterocycles. The molecule has 1 aromatic carbocycles. The van der Waals surface area contributed by atoms with Gasteiger partial charge in [0.15, 0.2) is 0 Å². The van der Waals surface area contributed by atoms with Crippen LogP contribution in [0.1, 0.15) is 51.6 Å². The third-order valence-corrected chi connectivity index (χ3v) is 4.27. The maximum absolute atomic E-state index is 11.7.